The van der Waals surface area contributed by atoms with E-state index in [0.717, 1.165) is 12.1 Å². The molecule has 0 aliphatic heterocycles. The lowest BCUT2D eigenvalue weighted by Crippen LogP contribution is -2.37. The molecule has 1 heterocycles. The highest BCUT2D eigenvalue weighted by molar-refractivity contribution is 6.31. The second-order valence-corrected chi connectivity index (χ2v) is 7.43. The normalized spacial score (nSPS) is 10.6. The van der Waals surface area contributed by atoms with Gasteiger partial charge in [0, 0.05) is 23.8 Å². The van der Waals surface area contributed by atoms with Crippen LogP contribution in [0.2, 0.25) is 5.02 Å². The van der Waals surface area contributed by atoms with Gasteiger partial charge in [0.25, 0.3) is 0 Å². The number of rotatable bonds is 6. The number of halogens is 4. The summed E-state index contributed by atoms with van der Waals surface area (Å²) in [4.78, 5) is 22.6. The van der Waals surface area contributed by atoms with Gasteiger partial charge >= 0.3 is 6.03 Å². The fourth-order valence-corrected chi connectivity index (χ4v) is 3.30. The first kappa shape index (κ1) is 23.1. The van der Waals surface area contributed by atoms with Crippen LogP contribution in [0.15, 0.2) is 79.0 Å². The van der Waals surface area contributed by atoms with Crippen molar-refractivity contribution < 1.29 is 18.0 Å². The van der Waals surface area contributed by atoms with Gasteiger partial charge in [-0.3, -0.25) is 0 Å². The number of benzene rings is 3. The minimum atomic E-state index is -0.832. The molecule has 34 heavy (non-hydrogen) atoms. The number of anilines is 4. The molecule has 0 fully saturated rings. The summed E-state index contributed by atoms with van der Waals surface area (Å²) in [6, 6.07) is 16.4. The molecule has 1 aromatic heterocycles. The van der Waals surface area contributed by atoms with Gasteiger partial charge in [-0.05, 0) is 48.0 Å². The minimum Gasteiger partial charge on any atom is -0.333 e. The number of para-hydroxylation sites is 1. The molecule has 0 spiro atoms. The van der Waals surface area contributed by atoms with E-state index >= 15 is 0 Å². The minimum absolute atomic E-state index is 0.0810. The zero-order valence-electron chi connectivity index (χ0n) is 17.5. The molecule has 0 atom stereocenters. The predicted octanol–water partition coefficient (Wildman–Crippen LogP) is 6.34. The largest absolute Gasteiger partial charge is 0.333 e. The second-order valence-electron chi connectivity index (χ2n) is 7.02. The Morgan fingerprint density at radius 1 is 0.912 bits per heavy atom. The van der Waals surface area contributed by atoms with Crippen molar-refractivity contribution in [1.82, 2.24) is 15.3 Å². The molecule has 10 heteroatoms. The number of aromatic nitrogens is 2. The Bertz CT molecular complexity index is 1300. The first-order valence-corrected chi connectivity index (χ1v) is 10.4. The molecule has 2 N–H and O–H groups in total. The van der Waals surface area contributed by atoms with Crippen molar-refractivity contribution in [1.29, 1.82) is 0 Å². The molecule has 0 saturated carbocycles. The fourth-order valence-electron chi connectivity index (χ4n) is 3.10. The van der Waals surface area contributed by atoms with Gasteiger partial charge in [-0.25, -0.2) is 27.8 Å². The van der Waals surface area contributed by atoms with Crippen LogP contribution in [0.25, 0.3) is 0 Å². The van der Waals surface area contributed by atoms with E-state index in [1.165, 1.54) is 47.5 Å². The van der Waals surface area contributed by atoms with E-state index in [2.05, 4.69) is 20.6 Å². The number of amides is 2. The highest BCUT2D eigenvalue weighted by Crippen LogP contribution is 2.27. The molecule has 4 aromatic rings. The molecule has 0 bridgehead atoms. The van der Waals surface area contributed by atoms with E-state index in [4.69, 9.17) is 11.6 Å². The predicted molar refractivity (Wildman–Crippen MR) is 124 cm³/mol. The van der Waals surface area contributed by atoms with Crippen molar-refractivity contribution in [3.63, 3.8) is 0 Å². The van der Waals surface area contributed by atoms with Crippen LogP contribution in [0.1, 0.15) is 5.56 Å². The van der Waals surface area contributed by atoms with Gasteiger partial charge in [0.15, 0.2) is 0 Å². The first-order chi connectivity index (χ1) is 16.4. The van der Waals surface area contributed by atoms with Gasteiger partial charge in [-0.1, -0.05) is 35.9 Å². The molecular formula is C24H17ClF3N5O. The molecule has 4 rings (SSSR count). The number of nitrogens with zero attached hydrogens (tertiary/aromatic N) is 3. The maximum atomic E-state index is 14.0. The van der Waals surface area contributed by atoms with Gasteiger partial charge in [0.05, 0.1) is 5.69 Å². The number of hydrogen-bond donors (Lipinski definition) is 2. The molecular weight excluding hydrogens is 467 g/mol. The number of carbonyl (C=O) groups excluding carboxylic acids is 1. The molecule has 172 valence electrons. The van der Waals surface area contributed by atoms with Crippen molar-refractivity contribution in [2.45, 2.75) is 6.54 Å². The lowest BCUT2D eigenvalue weighted by molar-refractivity contribution is 0.248. The fraction of sp³-hybridized carbons (Fsp3) is 0.0417. The topological polar surface area (TPSA) is 70.2 Å². The number of urea groups is 1. The first-order valence-electron chi connectivity index (χ1n) is 10.0. The van der Waals surface area contributed by atoms with Crippen molar-refractivity contribution in [3.05, 3.63) is 107 Å². The van der Waals surface area contributed by atoms with E-state index < -0.39 is 29.2 Å². The quantitative estimate of drug-likeness (QED) is 0.336. The van der Waals surface area contributed by atoms with Gasteiger partial charge in [0.2, 0.25) is 5.95 Å². The van der Waals surface area contributed by atoms with Crippen molar-refractivity contribution >= 4 is 40.8 Å². The Morgan fingerprint density at radius 2 is 1.62 bits per heavy atom. The standard InChI is InChI=1S/C24H17ClF3N5O/c25-18-5-2-1-4-15(18)14-30-24(34)33(17-10-8-16(26)9-11-17)21-12-13-29-23(31-21)32-22-19(27)6-3-7-20(22)28/h1-13H,14H2,(H,30,34)(H,29,31,32). The Hall–Kier alpha value is -4.11. The van der Waals surface area contributed by atoms with E-state index in [-0.39, 0.29) is 18.3 Å². The third-order valence-corrected chi connectivity index (χ3v) is 5.11. The van der Waals surface area contributed by atoms with Crippen LogP contribution in [0.5, 0.6) is 0 Å². The average molecular weight is 484 g/mol. The molecule has 0 unspecified atom stereocenters. The second kappa shape index (κ2) is 10.2. The Balaban J connectivity index is 1.65. The summed E-state index contributed by atoms with van der Waals surface area (Å²) in [5, 5.41) is 5.72. The van der Waals surface area contributed by atoms with Gasteiger partial charge in [-0.15, -0.1) is 0 Å². The van der Waals surface area contributed by atoms with Crippen LogP contribution in [0, 0.1) is 17.5 Å². The molecule has 2 amide bonds. The molecule has 6 nitrogen and oxygen atoms in total. The van der Waals surface area contributed by atoms with Gasteiger partial charge in [-0.2, -0.15) is 4.98 Å². The Labute approximate surface area is 198 Å². The smallest absolute Gasteiger partial charge is 0.327 e. The van der Waals surface area contributed by atoms with Crippen LogP contribution < -0.4 is 15.5 Å². The number of hydrogen-bond acceptors (Lipinski definition) is 4. The van der Waals surface area contributed by atoms with E-state index in [1.54, 1.807) is 24.3 Å². The van der Waals surface area contributed by atoms with Crippen LogP contribution in [0.4, 0.5) is 41.1 Å². The lowest BCUT2D eigenvalue weighted by Gasteiger charge is -2.23. The maximum Gasteiger partial charge on any atom is 0.327 e. The van der Waals surface area contributed by atoms with Crippen molar-refractivity contribution in [3.8, 4) is 0 Å². The molecule has 0 aliphatic carbocycles. The van der Waals surface area contributed by atoms with E-state index in [9.17, 15) is 18.0 Å². The van der Waals surface area contributed by atoms with E-state index in [1.807, 2.05) is 0 Å². The highest BCUT2D eigenvalue weighted by Gasteiger charge is 2.21. The van der Waals surface area contributed by atoms with E-state index in [0.29, 0.717) is 16.3 Å². The zero-order valence-corrected chi connectivity index (χ0v) is 18.2. The monoisotopic (exact) mass is 483 g/mol. The summed E-state index contributed by atoms with van der Waals surface area (Å²) in [6.45, 7) is 0.118. The summed E-state index contributed by atoms with van der Waals surface area (Å²) in [5.41, 5.74) is 0.563. The van der Waals surface area contributed by atoms with Crippen LogP contribution in [0.3, 0.4) is 0 Å². The lowest BCUT2D eigenvalue weighted by atomic mass is 10.2. The summed E-state index contributed by atoms with van der Waals surface area (Å²) in [7, 11) is 0. The third kappa shape index (κ3) is 5.26. The SMILES string of the molecule is O=C(NCc1ccccc1Cl)N(c1ccc(F)cc1)c1ccnc(Nc2c(F)cccc2F)n1. The van der Waals surface area contributed by atoms with Crippen molar-refractivity contribution in [2.24, 2.45) is 0 Å². The highest BCUT2D eigenvalue weighted by atomic mass is 35.5. The van der Waals surface area contributed by atoms with Gasteiger partial charge < -0.3 is 10.6 Å². The summed E-state index contributed by atoms with van der Waals surface area (Å²) >= 11 is 6.17. The summed E-state index contributed by atoms with van der Waals surface area (Å²) in [6.07, 6.45) is 1.32. The molecule has 0 aliphatic rings. The molecule has 3 aromatic carbocycles. The third-order valence-electron chi connectivity index (χ3n) is 4.75. The Kier molecular flexibility index (Phi) is 6.93. The average Bonchev–Trinajstić information content (AvgIpc) is 2.83. The number of nitrogens with one attached hydrogen (secondary N) is 2. The van der Waals surface area contributed by atoms with Gasteiger partial charge in [0.1, 0.15) is 29.0 Å². The molecule has 0 radical (unpaired) electrons. The van der Waals surface area contributed by atoms with Crippen molar-refractivity contribution in [2.75, 3.05) is 10.2 Å². The van der Waals surface area contributed by atoms with Crippen LogP contribution >= 0.6 is 11.6 Å². The zero-order chi connectivity index (χ0) is 24.1. The number of carbonyl (C=O) groups is 1. The maximum absolute atomic E-state index is 14.0. The molecule has 0 saturated heterocycles. The summed E-state index contributed by atoms with van der Waals surface area (Å²) in [5.74, 6) is -2.21. The van der Waals surface area contributed by atoms with Crippen LogP contribution in [-0.2, 0) is 6.54 Å². The Morgan fingerprint density at radius 3 is 2.32 bits per heavy atom. The van der Waals surface area contributed by atoms with Crippen LogP contribution in [-0.4, -0.2) is 16.0 Å². The summed E-state index contributed by atoms with van der Waals surface area (Å²) < 4.78 is 41.6.